The lowest BCUT2D eigenvalue weighted by atomic mass is 10.1. The van der Waals surface area contributed by atoms with Crippen LogP contribution in [0.5, 0.6) is 0 Å². The lowest BCUT2D eigenvalue weighted by Crippen LogP contribution is -2.29. The number of pyridine rings is 2. The summed E-state index contributed by atoms with van der Waals surface area (Å²) in [4.78, 5) is 4.75. The van der Waals surface area contributed by atoms with Crippen molar-refractivity contribution in [3.8, 4) is 5.69 Å². The molecule has 0 aliphatic heterocycles. The van der Waals surface area contributed by atoms with E-state index < -0.39 is 0 Å². The molecular weight excluding hydrogens is 244 g/mol. The summed E-state index contributed by atoms with van der Waals surface area (Å²) in [5.41, 5.74) is 3.22. The van der Waals surface area contributed by atoms with Crippen LogP contribution in [0, 0.1) is 0 Å². The second-order valence-corrected chi connectivity index (χ2v) is 4.81. The molecule has 0 aliphatic carbocycles. The number of nitrogens with zero attached hydrogens (tertiary/aromatic N) is 2. The predicted molar refractivity (Wildman–Crippen MR) is 80.8 cm³/mol. The Kier molecular flexibility index (Phi) is 2.46. The fourth-order valence-electron chi connectivity index (χ4n) is 2.57. The summed E-state index contributed by atoms with van der Waals surface area (Å²) in [6.45, 7) is 0. The first-order valence-corrected chi connectivity index (χ1v) is 6.67. The average molecular weight is 257 g/mol. The van der Waals surface area contributed by atoms with E-state index in [0.29, 0.717) is 0 Å². The van der Waals surface area contributed by atoms with Gasteiger partial charge in [-0.1, -0.05) is 30.3 Å². The first kappa shape index (κ1) is 11.1. The molecule has 4 rings (SSSR count). The van der Waals surface area contributed by atoms with Crippen molar-refractivity contribution in [1.82, 2.24) is 4.98 Å². The fourth-order valence-corrected chi connectivity index (χ4v) is 2.57. The van der Waals surface area contributed by atoms with Gasteiger partial charge in [-0.15, -0.1) is 0 Å². The molecule has 4 aromatic rings. The molecule has 2 aromatic heterocycles. The molecule has 0 bridgehead atoms. The highest BCUT2D eigenvalue weighted by Crippen LogP contribution is 2.22. The maximum absolute atomic E-state index is 4.75. The van der Waals surface area contributed by atoms with Crippen LogP contribution in [0.3, 0.4) is 0 Å². The van der Waals surface area contributed by atoms with E-state index in [1.807, 2.05) is 30.3 Å². The second-order valence-electron chi connectivity index (χ2n) is 4.81. The zero-order valence-electron chi connectivity index (χ0n) is 10.9. The molecule has 0 atom stereocenters. The van der Waals surface area contributed by atoms with Crippen LogP contribution < -0.4 is 4.57 Å². The van der Waals surface area contributed by atoms with Gasteiger partial charge in [-0.05, 0) is 18.2 Å². The number of fused-ring (bicyclic) bond motifs is 2. The SMILES string of the molecule is c1cc[n+](-c2cccc3nc4ccccc4cc23)cc1. The molecule has 2 nitrogen and oxygen atoms in total. The lowest BCUT2D eigenvalue weighted by molar-refractivity contribution is -0.594. The largest absolute Gasteiger partial charge is 0.248 e. The number of benzene rings is 2. The lowest BCUT2D eigenvalue weighted by Gasteiger charge is -2.03. The average Bonchev–Trinajstić information content (AvgIpc) is 2.53. The summed E-state index contributed by atoms with van der Waals surface area (Å²) >= 11 is 0. The Labute approximate surface area is 117 Å². The van der Waals surface area contributed by atoms with Crippen LogP contribution in [0.15, 0.2) is 79.1 Å². The summed E-state index contributed by atoms with van der Waals surface area (Å²) in [7, 11) is 0. The molecular formula is C18H13N2+. The summed E-state index contributed by atoms with van der Waals surface area (Å²) in [5, 5.41) is 2.34. The van der Waals surface area contributed by atoms with E-state index in [9.17, 15) is 0 Å². The van der Waals surface area contributed by atoms with E-state index in [4.69, 9.17) is 4.98 Å². The monoisotopic (exact) mass is 257 g/mol. The molecule has 0 fully saturated rings. The molecule has 2 heterocycles. The number of hydrogen-bond acceptors (Lipinski definition) is 1. The molecule has 0 aliphatic rings. The molecule has 94 valence electrons. The molecule has 0 unspecified atom stereocenters. The van der Waals surface area contributed by atoms with E-state index in [2.05, 4.69) is 53.4 Å². The Balaban J connectivity index is 2.09. The predicted octanol–water partition coefficient (Wildman–Crippen LogP) is 3.66. The second kappa shape index (κ2) is 4.42. The Morgan fingerprint density at radius 1 is 0.700 bits per heavy atom. The number of rotatable bonds is 1. The third-order valence-corrected chi connectivity index (χ3v) is 3.53. The van der Waals surface area contributed by atoms with Crippen LogP contribution in [-0.2, 0) is 0 Å². The van der Waals surface area contributed by atoms with Crippen molar-refractivity contribution >= 4 is 21.8 Å². The van der Waals surface area contributed by atoms with Crippen LogP contribution in [-0.4, -0.2) is 4.98 Å². The maximum Gasteiger partial charge on any atom is 0.220 e. The van der Waals surface area contributed by atoms with Gasteiger partial charge in [-0.2, -0.15) is 4.57 Å². The molecule has 0 spiro atoms. The van der Waals surface area contributed by atoms with Crippen molar-refractivity contribution in [2.45, 2.75) is 0 Å². The van der Waals surface area contributed by atoms with Gasteiger partial charge < -0.3 is 0 Å². The van der Waals surface area contributed by atoms with Crippen LogP contribution >= 0.6 is 0 Å². The Hall–Kier alpha value is -2.74. The number of para-hydroxylation sites is 1. The zero-order chi connectivity index (χ0) is 13.4. The molecule has 0 radical (unpaired) electrons. The quantitative estimate of drug-likeness (QED) is 0.375. The van der Waals surface area contributed by atoms with Gasteiger partial charge in [-0.3, -0.25) is 0 Å². The minimum Gasteiger partial charge on any atom is -0.248 e. The van der Waals surface area contributed by atoms with Gasteiger partial charge in [0, 0.05) is 23.6 Å². The van der Waals surface area contributed by atoms with Gasteiger partial charge in [0.25, 0.3) is 0 Å². The van der Waals surface area contributed by atoms with Gasteiger partial charge in [0.1, 0.15) is 0 Å². The third-order valence-electron chi connectivity index (χ3n) is 3.53. The highest BCUT2D eigenvalue weighted by molar-refractivity contribution is 5.95. The number of aromatic nitrogens is 2. The van der Waals surface area contributed by atoms with E-state index >= 15 is 0 Å². The third kappa shape index (κ3) is 1.74. The molecule has 0 saturated heterocycles. The van der Waals surface area contributed by atoms with Crippen LogP contribution in [0.2, 0.25) is 0 Å². The molecule has 0 N–H and O–H groups in total. The van der Waals surface area contributed by atoms with E-state index in [1.54, 1.807) is 0 Å². The molecule has 2 heteroatoms. The normalized spacial score (nSPS) is 11.0. The van der Waals surface area contributed by atoms with E-state index in [1.165, 1.54) is 10.8 Å². The molecule has 0 saturated carbocycles. The van der Waals surface area contributed by atoms with Crippen LogP contribution in [0.4, 0.5) is 0 Å². The van der Waals surface area contributed by atoms with Crippen molar-refractivity contribution in [1.29, 1.82) is 0 Å². The van der Waals surface area contributed by atoms with Crippen molar-refractivity contribution in [2.24, 2.45) is 0 Å². The van der Waals surface area contributed by atoms with Crippen LogP contribution in [0.1, 0.15) is 0 Å². The number of hydrogen-bond donors (Lipinski definition) is 0. The van der Waals surface area contributed by atoms with Gasteiger partial charge in [0.05, 0.1) is 16.4 Å². The summed E-state index contributed by atoms with van der Waals surface area (Å²) in [6.07, 6.45) is 4.12. The topological polar surface area (TPSA) is 16.8 Å². The van der Waals surface area contributed by atoms with Gasteiger partial charge >= 0.3 is 0 Å². The molecule has 2 aromatic carbocycles. The maximum atomic E-state index is 4.75. The minimum absolute atomic E-state index is 1.03. The van der Waals surface area contributed by atoms with Gasteiger partial charge in [0.2, 0.25) is 5.69 Å². The van der Waals surface area contributed by atoms with Crippen molar-refractivity contribution < 1.29 is 4.57 Å². The van der Waals surface area contributed by atoms with Gasteiger partial charge in [-0.25, -0.2) is 4.98 Å². The smallest absolute Gasteiger partial charge is 0.220 e. The van der Waals surface area contributed by atoms with Crippen molar-refractivity contribution in [3.63, 3.8) is 0 Å². The Morgan fingerprint density at radius 2 is 1.50 bits per heavy atom. The highest BCUT2D eigenvalue weighted by atomic mass is 14.9. The van der Waals surface area contributed by atoms with E-state index in [-0.39, 0.29) is 0 Å². The standard InChI is InChI=1S/C18H13N2/c1-4-11-20(12-5-1)18-10-6-9-17-15(18)13-14-7-2-3-8-16(14)19-17/h1-13H/q+1. The minimum atomic E-state index is 1.03. The fraction of sp³-hybridized carbons (Fsp3) is 0. The summed E-state index contributed by atoms with van der Waals surface area (Å²) in [5.74, 6) is 0. The summed E-state index contributed by atoms with van der Waals surface area (Å²) < 4.78 is 2.12. The zero-order valence-corrected chi connectivity index (χ0v) is 10.9. The first-order chi connectivity index (χ1) is 9.92. The van der Waals surface area contributed by atoms with E-state index in [0.717, 1.165) is 16.7 Å². The van der Waals surface area contributed by atoms with Gasteiger partial charge in [0.15, 0.2) is 12.4 Å². The molecule has 0 amide bonds. The van der Waals surface area contributed by atoms with Crippen molar-refractivity contribution in [2.75, 3.05) is 0 Å². The summed E-state index contributed by atoms with van der Waals surface area (Å²) in [6, 6.07) is 22.8. The Morgan fingerprint density at radius 3 is 2.40 bits per heavy atom. The van der Waals surface area contributed by atoms with Crippen LogP contribution in [0.25, 0.3) is 27.5 Å². The molecule has 20 heavy (non-hydrogen) atoms. The first-order valence-electron chi connectivity index (χ1n) is 6.67. The highest BCUT2D eigenvalue weighted by Gasteiger charge is 2.11. The Bertz CT molecular complexity index is 899. The van der Waals surface area contributed by atoms with Crippen molar-refractivity contribution in [3.05, 3.63) is 79.1 Å².